The highest BCUT2D eigenvalue weighted by molar-refractivity contribution is 6.32. The van der Waals surface area contributed by atoms with Crippen molar-refractivity contribution in [3.8, 4) is 11.5 Å². The predicted molar refractivity (Wildman–Crippen MR) is 79.6 cm³/mol. The summed E-state index contributed by atoms with van der Waals surface area (Å²) in [6, 6.07) is 2.48. The third-order valence-corrected chi connectivity index (χ3v) is 3.54. The smallest absolute Gasteiger partial charge is 0.352 e. The number of phenols is 1. The second-order valence-electron chi connectivity index (χ2n) is 4.68. The fourth-order valence-electron chi connectivity index (χ4n) is 2.25. The molecule has 0 fully saturated rings. The molecule has 0 bridgehead atoms. The van der Waals surface area contributed by atoms with Gasteiger partial charge in [0, 0.05) is 0 Å². The standard InChI is InChI=1S/C13H12ClN5O4/c1-2-23-10-4-6(3-7(14)11(10)20)9-5-8(12(21)22)15-13-16-17-18-19(9)13/h3-5,9,20H,2H2,1H3,(H,21,22)(H,15,16,18)/t9-/m0/s1. The Morgan fingerprint density at radius 1 is 1.52 bits per heavy atom. The molecule has 0 spiro atoms. The molecule has 0 saturated carbocycles. The summed E-state index contributed by atoms with van der Waals surface area (Å²) in [5.74, 6) is -0.921. The zero-order chi connectivity index (χ0) is 16.6. The number of anilines is 1. The van der Waals surface area contributed by atoms with E-state index < -0.39 is 12.0 Å². The van der Waals surface area contributed by atoms with Crippen molar-refractivity contribution in [3.63, 3.8) is 0 Å². The number of carbonyl (C=O) groups is 1. The van der Waals surface area contributed by atoms with Crippen LogP contribution < -0.4 is 10.1 Å². The van der Waals surface area contributed by atoms with Crippen molar-refractivity contribution in [2.75, 3.05) is 11.9 Å². The normalized spacial score (nSPS) is 16.3. The number of phenolic OH excluding ortho intramolecular Hbond substituents is 1. The number of rotatable bonds is 4. The molecule has 1 aromatic heterocycles. The Kier molecular flexibility index (Phi) is 3.78. The molecule has 2 heterocycles. The van der Waals surface area contributed by atoms with Crippen LogP contribution in [0.5, 0.6) is 11.5 Å². The van der Waals surface area contributed by atoms with Gasteiger partial charge in [0.15, 0.2) is 11.5 Å². The summed E-state index contributed by atoms with van der Waals surface area (Å²) >= 11 is 6.03. The number of allylic oxidation sites excluding steroid dienone is 1. The van der Waals surface area contributed by atoms with Gasteiger partial charge in [0.1, 0.15) is 11.7 Å². The largest absolute Gasteiger partial charge is 0.503 e. The number of carboxylic acid groups (broad SMARTS) is 1. The lowest BCUT2D eigenvalue weighted by Gasteiger charge is -2.22. The van der Waals surface area contributed by atoms with Crippen LogP contribution in [-0.2, 0) is 4.79 Å². The van der Waals surface area contributed by atoms with Crippen LogP contribution in [0.3, 0.4) is 0 Å². The molecule has 0 aliphatic carbocycles. The Morgan fingerprint density at radius 2 is 2.30 bits per heavy atom. The van der Waals surface area contributed by atoms with E-state index in [9.17, 15) is 15.0 Å². The van der Waals surface area contributed by atoms with Crippen molar-refractivity contribution in [1.82, 2.24) is 20.2 Å². The van der Waals surface area contributed by atoms with Gasteiger partial charge in [-0.1, -0.05) is 16.7 Å². The molecule has 0 unspecified atom stereocenters. The zero-order valence-electron chi connectivity index (χ0n) is 11.9. The average molecular weight is 338 g/mol. The molecule has 10 heteroatoms. The SMILES string of the molecule is CCOc1cc([C@@H]2C=C(C(=O)O)Nc3nnnn32)cc(Cl)c1O. The lowest BCUT2D eigenvalue weighted by atomic mass is 10.0. The lowest BCUT2D eigenvalue weighted by molar-refractivity contribution is -0.132. The number of nitrogens with one attached hydrogen (secondary N) is 1. The van der Waals surface area contributed by atoms with E-state index in [4.69, 9.17) is 16.3 Å². The first-order valence-electron chi connectivity index (χ1n) is 6.66. The number of benzene rings is 1. The number of aromatic hydroxyl groups is 1. The highest BCUT2D eigenvalue weighted by atomic mass is 35.5. The Labute approximate surface area is 135 Å². The van der Waals surface area contributed by atoms with E-state index >= 15 is 0 Å². The Morgan fingerprint density at radius 3 is 3.00 bits per heavy atom. The average Bonchev–Trinajstić information content (AvgIpc) is 2.99. The summed E-state index contributed by atoms with van der Waals surface area (Å²) in [5.41, 5.74) is 0.518. The van der Waals surface area contributed by atoms with Crippen LogP contribution in [0.2, 0.25) is 5.02 Å². The number of nitrogens with zero attached hydrogens (tertiary/aromatic N) is 4. The first-order valence-corrected chi connectivity index (χ1v) is 7.04. The topological polar surface area (TPSA) is 122 Å². The number of aliphatic carboxylic acids is 1. The van der Waals surface area contributed by atoms with Crippen LogP contribution in [0.1, 0.15) is 18.5 Å². The minimum absolute atomic E-state index is 0.0561. The maximum absolute atomic E-state index is 11.3. The van der Waals surface area contributed by atoms with Gasteiger partial charge in [0.25, 0.3) is 0 Å². The second kappa shape index (κ2) is 5.76. The van der Waals surface area contributed by atoms with E-state index in [1.807, 2.05) is 0 Å². The Hall–Kier alpha value is -2.81. The van der Waals surface area contributed by atoms with Crippen molar-refractivity contribution in [3.05, 3.63) is 34.5 Å². The molecular formula is C13H12ClN5O4. The third-order valence-electron chi connectivity index (χ3n) is 3.25. The molecule has 0 radical (unpaired) electrons. The fraction of sp³-hybridized carbons (Fsp3) is 0.231. The number of aromatic nitrogens is 4. The molecule has 120 valence electrons. The van der Waals surface area contributed by atoms with Crippen LogP contribution in [0, 0.1) is 0 Å². The van der Waals surface area contributed by atoms with Gasteiger partial charge in [0.2, 0.25) is 5.95 Å². The van der Waals surface area contributed by atoms with E-state index in [2.05, 4.69) is 20.8 Å². The first kappa shape index (κ1) is 15.1. The molecule has 3 N–H and O–H groups in total. The molecule has 1 aliphatic heterocycles. The van der Waals surface area contributed by atoms with E-state index in [0.29, 0.717) is 12.2 Å². The molecule has 1 aliphatic rings. The number of halogens is 1. The Bertz CT molecular complexity index is 804. The highest BCUT2D eigenvalue weighted by Gasteiger charge is 2.27. The van der Waals surface area contributed by atoms with E-state index in [1.54, 1.807) is 13.0 Å². The number of ether oxygens (including phenoxy) is 1. The number of hydrogen-bond acceptors (Lipinski definition) is 7. The highest BCUT2D eigenvalue weighted by Crippen LogP contribution is 2.39. The minimum atomic E-state index is -1.14. The van der Waals surface area contributed by atoms with Gasteiger partial charge in [0.05, 0.1) is 11.6 Å². The molecular weight excluding hydrogens is 326 g/mol. The zero-order valence-corrected chi connectivity index (χ0v) is 12.7. The monoisotopic (exact) mass is 337 g/mol. The minimum Gasteiger partial charge on any atom is -0.503 e. The second-order valence-corrected chi connectivity index (χ2v) is 5.09. The fourth-order valence-corrected chi connectivity index (χ4v) is 2.47. The van der Waals surface area contributed by atoms with Crippen molar-refractivity contribution in [1.29, 1.82) is 0 Å². The number of fused-ring (bicyclic) bond motifs is 1. The maximum Gasteiger partial charge on any atom is 0.352 e. The first-order chi connectivity index (χ1) is 11.0. The molecule has 0 saturated heterocycles. The molecule has 1 atom stereocenters. The van der Waals surface area contributed by atoms with Gasteiger partial charge in [-0.2, -0.15) is 4.68 Å². The quantitative estimate of drug-likeness (QED) is 0.765. The van der Waals surface area contributed by atoms with E-state index in [1.165, 1.54) is 16.8 Å². The third kappa shape index (κ3) is 2.66. The molecule has 3 rings (SSSR count). The summed E-state index contributed by atoms with van der Waals surface area (Å²) in [6.45, 7) is 2.11. The lowest BCUT2D eigenvalue weighted by Crippen LogP contribution is -2.24. The summed E-state index contributed by atoms with van der Waals surface area (Å²) < 4.78 is 6.75. The predicted octanol–water partition coefficient (Wildman–Crippen LogP) is 1.41. The van der Waals surface area contributed by atoms with Crippen LogP contribution >= 0.6 is 11.6 Å². The van der Waals surface area contributed by atoms with Crippen LogP contribution in [0.15, 0.2) is 23.9 Å². The summed E-state index contributed by atoms with van der Waals surface area (Å²) in [5, 5.41) is 32.9. The van der Waals surface area contributed by atoms with Gasteiger partial charge in [-0.25, -0.2) is 4.79 Å². The van der Waals surface area contributed by atoms with Crippen molar-refractivity contribution in [2.45, 2.75) is 13.0 Å². The Balaban J connectivity index is 2.12. The van der Waals surface area contributed by atoms with Crippen LogP contribution in [0.25, 0.3) is 0 Å². The van der Waals surface area contributed by atoms with E-state index in [0.717, 1.165) is 0 Å². The molecule has 0 amide bonds. The van der Waals surface area contributed by atoms with Gasteiger partial charge in [-0.3, -0.25) is 0 Å². The van der Waals surface area contributed by atoms with Crippen LogP contribution in [-0.4, -0.2) is 43.0 Å². The summed E-state index contributed by atoms with van der Waals surface area (Å²) in [4.78, 5) is 11.3. The summed E-state index contributed by atoms with van der Waals surface area (Å²) in [7, 11) is 0. The molecule has 1 aromatic carbocycles. The number of tetrazole rings is 1. The van der Waals surface area contributed by atoms with Gasteiger partial charge >= 0.3 is 5.97 Å². The van der Waals surface area contributed by atoms with Gasteiger partial charge in [-0.15, -0.1) is 0 Å². The van der Waals surface area contributed by atoms with Crippen molar-refractivity contribution in [2.24, 2.45) is 0 Å². The number of hydrogen-bond donors (Lipinski definition) is 3. The van der Waals surface area contributed by atoms with Crippen molar-refractivity contribution < 1.29 is 19.7 Å². The summed E-state index contributed by atoms with van der Waals surface area (Å²) in [6.07, 6.45) is 1.45. The molecule has 2 aromatic rings. The maximum atomic E-state index is 11.3. The van der Waals surface area contributed by atoms with Gasteiger partial charge in [-0.05, 0) is 41.1 Å². The van der Waals surface area contributed by atoms with Crippen LogP contribution in [0.4, 0.5) is 5.95 Å². The number of carboxylic acids is 1. The van der Waals surface area contributed by atoms with Crippen molar-refractivity contribution >= 4 is 23.5 Å². The molecule has 9 nitrogen and oxygen atoms in total. The van der Waals surface area contributed by atoms with Gasteiger partial charge < -0.3 is 20.3 Å². The van der Waals surface area contributed by atoms with E-state index in [-0.39, 0.29) is 28.2 Å². The molecule has 23 heavy (non-hydrogen) atoms.